The Labute approximate surface area is 145 Å². The van der Waals surface area contributed by atoms with Crippen molar-refractivity contribution in [3.63, 3.8) is 0 Å². The molecule has 5 heteroatoms. The van der Waals surface area contributed by atoms with E-state index >= 15 is 0 Å². The van der Waals surface area contributed by atoms with E-state index in [1.54, 1.807) is 0 Å². The maximum atomic E-state index is 13.3. The first-order chi connectivity index (χ1) is 11.9. The molecule has 0 aromatic carbocycles. The van der Waals surface area contributed by atoms with Crippen LogP contribution in [0.5, 0.6) is 0 Å². The number of hydrogen-bond acceptors (Lipinski definition) is 5. The molecule has 6 atom stereocenters. The summed E-state index contributed by atoms with van der Waals surface area (Å²) in [5, 5.41) is 10.5. The Bertz CT molecular complexity index is 907. The highest BCUT2D eigenvalue weighted by atomic mass is 16.6. The second kappa shape index (κ2) is 3.99. The second-order valence-corrected chi connectivity index (χ2v) is 8.72. The summed E-state index contributed by atoms with van der Waals surface area (Å²) in [7, 11) is 0. The van der Waals surface area contributed by atoms with E-state index in [0.29, 0.717) is 17.7 Å². The Morgan fingerprint density at radius 3 is 2.84 bits per heavy atom. The monoisotopic (exact) mass is 340 g/mol. The number of rotatable bonds is 0. The van der Waals surface area contributed by atoms with Crippen LogP contribution in [0.1, 0.15) is 67.3 Å². The average molecular weight is 340 g/mol. The Kier molecular flexibility index (Phi) is 2.31. The molecule has 1 saturated carbocycles. The van der Waals surface area contributed by atoms with E-state index in [-0.39, 0.29) is 29.7 Å². The Morgan fingerprint density at radius 2 is 2.04 bits per heavy atom. The third kappa shape index (κ3) is 1.35. The number of carbonyl (C=O) groups excluding carboxylic acids is 2. The lowest BCUT2D eigenvalue weighted by atomic mass is 9.54. The van der Waals surface area contributed by atoms with Gasteiger partial charge in [0, 0.05) is 39.9 Å². The molecule has 1 saturated heterocycles. The highest BCUT2D eigenvalue weighted by Gasteiger charge is 2.68. The zero-order chi connectivity index (χ0) is 17.3. The van der Waals surface area contributed by atoms with Gasteiger partial charge in [0.25, 0.3) is 0 Å². The first-order valence-corrected chi connectivity index (χ1v) is 9.16. The average Bonchev–Trinajstić information content (AvgIpc) is 3.19. The fourth-order valence-corrected chi connectivity index (χ4v) is 6.30. The van der Waals surface area contributed by atoms with Crippen LogP contribution < -0.4 is 0 Å². The zero-order valence-corrected chi connectivity index (χ0v) is 14.3. The molecule has 0 spiro atoms. The fourth-order valence-electron chi connectivity index (χ4n) is 6.30. The van der Waals surface area contributed by atoms with Crippen molar-refractivity contribution in [3.8, 4) is 0 Å². The molecule has 25 heavy (non-hydrogen) atoms. The number of carbonyl (C=O) groups is 2. The molecular weight excluding hydrogens is 320 g/mol. The Morgan fingerprint density at radius 1 is 1.24 bits per heavy atom. The first kappa shape index (κ1) is 14.4. The number of epoxide rings is 1. The van der Waals surface area contributed by atoms with Crippen molar-refractivity contribution in [2.24, 2.45) is 11.3 Å². The molecule has 2 heterocycles. The second-order valence-electron chi connectivity index (χ2n) is 8.72. The van der Waals surface area contributed by atoms with E-state index in [1.807, 2.05) is 6.92 Å². The van der Waals surface area contributed by atoms with E-state index < -0.39 is 16.9 Å². The summed E-state index contributed by atoms with van der Waals surface area (Å²) in [4.78, 5) is 25.8. The summed E-state index contributed by atoms with van der Waals surface area (Å²) in [6, 6.07) is 0. The van der Waals surface area contributed by atoms with Crippen LogP contribution in [0.2, 0.25) is 0 Å². The quantitative estimate of drug-likeness (QED) is 0.734. The molecule has 6 rings (SSSR count). The number of aliphatic hydroxyl groups is 1. The molecule has 5 aliphatic rings. The maximum absolute atomic E-state index is 13.3. The molecule has 0 amide bonds. The van der Waals surface area contributed by atoms with Crippen LogP contribution in [0.15, 0.2) is 21.8 Å². The van der Waals surface area contributed by atoms with E-state index in [9.17, 15) is 14.7 Å². The van der Waals surface area contributed by atoms with Gasteiger partial charge in [-0.3, -0.25) is 9.59 Å². The summed E-state index contributed by atoms with van der Waals surface area (Å²) in [5.41, 5.74) is 2.63. The number of hydrogen-bond donors (Lipinski definition) is 1. The van der Waals surface area contributed by atoms with Crippen molar-refractivity contribution in [1.29, 1.82) is 0 Å². The molecule has 4 aliphatic carbocycles. The lowest BCUT2D eigenvalue weighted by molar-refractivity contribution is -0.126. The van der Waals surface area contributed by atoms with Crippen LogP contribution in [0, 0.1) is 11.3 Å². The fraction of sp³-hybridized carbons (Fsp3) is 0.600. The molecular formula is C20H20O5. The van der Waals surface area contributed by atoms with Crippen molar-refractivity contribution >= 4 is 11.6 Å². The number of ketones is 2. The van der Waals surface area contributed by atoms with Crippen LogP contribution in [0.4, 0.5) is 0 Å². The minimum Gasteiger partial charge on any atom is -0.460 e. The minimum absolute atomic E-state index is 0.0150. The third-order valence-electron chi connectivity index (χ3n) is 7.78. The number of aliphatic hydroxyl groups excluding tert-OH is 1. The van der Waals surface area contributed by atoms with Crippen LogP contribution >= 0.6 is 0 Å². The van der Waals surface area contributed by atoms with Crippen molar-refractivity contribution in [3.05, 3.63) is 34.3 Å². The SMILES string of the molecule is CC12CCC3=C(C(=O)c4occ5c4C3(C)[C@H]3O[C@H]3C5O)[C@@H]1CCC2=O. The summed E-state index contributed by atoms with van der Waals surface area (Å²) in [5.74, 6) is 0.546. The molecule has 3 unspecified atom stereocenters. The van der Waals surface area contributed by atoms with Crippen molar-refractivity contribution < 1.29 is 23.8 Å². The van der Waals surface area contributed by atoms with Crippen LogP contribution in [-0.4, -0.2) is 28.9 Å². The molecule has 1 aromatic rings. The molecule has 1 N–H and O–H groups in total. The van der Waals surface area contributed by atoms with E-state index in [2.05, 4.69) is 6.92 Å². The summed E-state index contributed by atoms with van der Waals surface area (Å²) < 4.78 is 11.5. The zero-order valence-electron chi connectivity index (χ0n) is 14.3. The smallest absolute Gasteiger partial charge is 0.224 e. The summed E-state index contributed by atoms with van der Waals surface area (Å²) in [6.07, 6.45) is 3.32. The predicted octanol–water partition coefficient (Wildman–Crippen LogP) is 2.62. The molecule has 2 fully saturated rings. The molecule has 5 nitrogen and oxygen atoms in total. The van der Waals surface area contributed by atoms with Gasteiger partial charge in [0.15, 0.2) is 5.76 Å². The topological polar surface area (TPSA) is 80.0 Å². The van der Waals surface area contributed by atoms with Gasteiger partial charge in [-0.2, -0.15) is 0 Å². The van der Waals surface area contributed by atoms with Crippen LogP contribution in [0.25, 0.3) is 0 Å². The number of ether oxygens (including phenoxy) is 1. The van der Waals surface area contributed by atoms with Gasteiger partial charge in [-0.1, -0.05) is 6.92 Å². The molecule has 0 bridgehead atoms. The molecule has 1 aromatic heterocycles. The number of allylic oxidation sites excluding steroid dienone is 1. The van der Waals surface area contributed by atoms with E-state index in [0.717, 1.165) is 36.0 Å². The molecule has 0 radical (unpaired) electrons. The van der Waals surface area contributed by atoms with Crippen molar-refractivity contribution in [2.45, 2.75) is 63.3 Å². The van der Waals surface area contributed by atoms with Gasteiger partial charge in [-0.25, -0.2) is 0 Å². The molecule has 1 aliphatic heterocycles. The van der Waals surface area contributed by atoms with Gasteiger partial charge in [-0.15, -0.1) is 0 Å². The predicted molar refractivity (Wildman–Crippen MR) is 86.1 cm³/mol. The lowest BCUT2D eigenvalue weighted by Gasteiger charge is -2.46. The van der Waals surface area contributed by atoms with Gasteiger partial charge in [0.1, 0.15) is 24.1 Å². The number of fused-ring (bicyclic) bond motifs is 5. The van der Waals surface area contributed by atoms with Gasteiger partial charge in [0.2, 0.25) is 5.78 Å². The summed E-state index contributed by atoms with van der Waals surface area (Å²) in [6.45, 7) is 4.15. The van der Waals surface area contributed by atoms with Crippen LogP contribution in [0.3, 0.4) is 0 Å². The maximum Gasteiger partial charge on any atom is 0.224 e. The van der Waals surface area contributed by atoms with E-state index in [1.165, 1.54) is 6.26 Å². The number of Topliss-reactive ketones (excluding diaryl/α,β-unsaturated/α-hetero) is 2. The molecule has 130 valence electrons. The normalized spacial score (nSPS) is 46.5. The Hall–Kier alpha value is -1.72. The standard InChI is InChI=1S/C20H20O5/c1-19-6-5-10-12(9(19)3-4-11(19)21)15(23)16-13-8(7-24-16)14(22)17-18(25-17)20(10,13)2/h7,9,14,17-18,22H,3-6H2,1-2H3/t9-,14?,17-,18-,19?,20?/m0/s1. The Balaban J connectivity index is 1.64. The van der Waals surface area contributed by atoms with Gasteiger partial charge >= 0.3 is 0 Å². The highest BCUT2D eigenvalue weighted by Crippen LogP contribution is 2.65. The number of furan rings is 1. The van der Waals surface area contributed by atoms with E-state index in [4.69, 9.17) is 9.15 Å². The van der Waals surface area contributed by atoms with Crippen LogP contribution in [-0.2, 0) is 14.9 Å². The van der Waals surface area contributed by atoms with Gasteiger partial charge in [0.05, 0.1) is 6.26 Å². The highest BCUT2D eigenvalue weighted by molar-refractivity contribution is 6.12. The van der Waals surface area contributed by atoms with Crippen molar-refractivity contribution in [1.82, 2.24) is 0 Å². The largest absolute Gasteiger partial charge is 0.460 e. The van der Waals surface area contributed by atoms with Gasteiger partial charge in [-0.05, 0) is 31.8 Å². The van der Waals surface area contributed by atoms with Gasteiger partial charge < -0.3 is 14.3 Å². The van der Waals surface area contributed by atoms with Crippen molar-refractivity contribution in [2.75, 3.05) is 0 Å². The lowest BCUT2D eigenvalue weighted by Crippen LogP contribution is -2.47. The summed E-state index contributed by atoms with van der Waals surface area (Å²) >= 11 is 0. The third-order valence-corrected chi connectivity index (χ3v) is 7.78. The minimum atomic E-state index is -0.720. The first-order valence-electron chi connectivity index (χ1n) is 9.16.